The van der Waals surface area contributed by atoms with Gasteiger partial charge in [0.05, 0.1) is 7.11 Å². The maximum Gasteiger partial charge on any atom is 0.321 e. The van der Waals surface area contributed by atoms with E-state index in [2.05, 4.69) is 16.7 Å². The second kappa shape index (κ2) is 9.49. The summed E-state index contributed by atoms with van der Waals surface area (Å²) in [4.78, 5) is 28.0. The van der Waals surface area contributed by atoms with E-state index in [4.69, 9.17) is 4.74 Å². The van der Waals surface area contributed by atoms with Crippen molar-refractivity contribution in [1.29, 1.82) is 0 Å². The molecule has 2 aromatic rings. The van der Waals surface area contributed by atoms with E-state index in [0.29, 0.717) is 31.5 Å². The fourth-order valence-electron chi connectivity index (χ4n) is 5.77. The second-order valence-corrected chi connectivity index (χ2v) is 9.83. The lowest BCUT2D eigenvalue weighted by atomic mass is 9.83. The van der Waals surface area contributed by atoms with Crippen molar-refractivity contribution in [3.05, 3.63) is 52.4 Å². The predicted molar refractivity (Wildman–Crippen MR) is 130 cm³/mol. The number of urea groups is 1. The molecule has 0 unspecified atom stereocenters. The summed E-state index contributed by atoms with van der Waals surface area (Å²) in [6, 6.07) is 11.3. The molecular weight excluding hydrogens is 416 g/mol. The summed E-state index contributed by atoms with van der Waals surface area (Å²) < 4.78 is 7.14. The van der Waals surface area contributed by atoms with Crippen LogP contribution in [0.1, 0.15) is 50.1 Å². The van der Waals surface area contributed by atoms with Crippen molar-refractivity contribution in [3.63, 3.8) is 0 Å². The van der Waals surface area contributed by atoms with Gasteiger partial charge in [-0.05, 0) is 67.5 Å². The molecule has 2 atom stereocenters. The Hall–Kier alpha value is -2.96. The molecule has 0 radical (unpaired) electrons. The zero-order chi connectivity index (χ0) is 22.8. The molecule has 176 valence electrons. The maximum absolute atomic E-state index is 13.2. The zero-order valence-corrected chi connectivity index (χ0v) is 19.4. The third-order valence-corrected chi connectivity index (χ3v) is 7.54. The van der Waals surface area contributed by atoms with Gasteiger partial charge in [0, 0.05) is 43.5 Å². The number of carbonyl (C=O) groups excluding carboxylic acids is 1. The number of nitrogens with zero attached hydrogens (tertiary/aromatic N) is 2. The smallest absolute Gasteiger partial charge is 0.321 e. The number of aromatic nitrogens is 1. The van der Waals surface area contributed by atoms with E-state index in [0.717, 1.165) is 35.8 Å². The topological polar surface area (TPSA) is 75.6 Å². The van der Waals surface area contributed by atoms with Gasteiger partial charge < -0.3 is 24.8 Å². The van der Waals surface area contributed by atoms with Gasteiger partial charge in [-0.2, -0.15) is 0 Å². The average molecular weight is 451 g/mol. The van der Waals surface area contributed by atoms with Gasteiger partial charge in [-0.15, -0.1) is 0 Å². The minimum absolute atomic E-state index is 0.0866. The summed E-state index contributed by atoms with van der Waals surface area (Å²) in [7, 11) is 1.62. The molecule has 1 saturated carbocycles. The Kier molecular flexibility index (Phi) is 6.29. The number of hydrogen-bond donors (Lipinski definition) is 2. The van der Waals surface area contributed by atoms with Crippen LogP contribution in [0.2, 0.25) is 0 Å². The predicted octanol–water partition coefficient (Wildman–Crippen LogP) is 4.50. The van der Waals surface area contributed by atoms with E-state index >= 15 is 0 Å². The molecule has 3 aliphatic rings. The minimum Gasteiger partial charge on any atom is -0.497 e. The monoisotopic (exact) mass is 450 g/mol. The van der Waals surface area contributed by atoms with Crippen LogP contribution >= 0.6 is 0 Å². The normalized spacial score (nSPS) is 22.4. The zero-order valence-electron chi connectivity index (χ0n) is 19.4. The fraction of sp³-hybridized carbons (Fsp3) is 0.538. The Morgan fingerprint density at radius 1 is 1.03 bits per heavy atom. The first-order chi connectivity index (χ1) is 16.1. The molecule has 2 aliphatic heterocycles. The number of hydrogen-bond acceptors (Lipinski definition) is 4. The van der Waals surface area contributed by atoms with Crippen molar-refractivity contribution in [3.8, 4) is 5.75 Å². The molecule has 7 heteroatoms. The van der Waals surface area contributed by atoms with Gasteiger partial charge in [0.15, 0.2) is 0 Å². The Morgan fingerprint density at radius 2 is 1.82 bits per heavy atom. The van der Waals surface area contributed by atoms with Crippen LogP contribution in [0.5, 0.6) is 5.75 Å². The maximum atomic E-state index is 13.2. The Labute approximate surface area is 195 Å². The molecule has 7 nitrogen and oxygen atoms in total. The van der Waals surface area contributed by atoms with Gasteiger partial charge in [-0.1, -0.05) is 19.3 Å². The number of methoxy groups -OCH3 is 1. The molecule has 33 heavy (non-hydrogen) atoms. The Morgan fingerprint density at radius 3 is 2.58 bits per heavy atom. The average Bonchev–Trinajstić information content (AvgIpc) is 2.85. The molecule has 2 N–H and O–H groups in total. The van der Waals surface area contributed by atoms with Gasteiger partial charge in [0.25, 0.3) is 5.56 Å². The van der Waals surface area contributed by atoms with Crippen molar-refractivity contribution in [2.45, 2.75) is 51.0 Å². The number of anilines is 2. The number of fused-ring (bicyclic) bond motifs is 4. The van der Waals surface area contributed by atoms with E-state index in [1.54, 1.807) is 7.11 Å². The summed E-state index contributed by atoms with van der Waals surface area (Å²) in [6.45, 7) is 2.87. The van der Waals surface area contributed by atoms with Crippen LogP contribution in [0.15, 0.2) is 41.2 Å². The number of rotatable bonds is 5. The number of ether oxygens (including phenoxy) is 1. The first-order valence-corrected chi connectivity index (χ1v) is 12.3. The van der Waals surface area contributed by atoms with E-state index in [-0.39, 0.29) is 17.5 Å². The van der Waals surface area contributed by atoms with Gasteiger partial charge in [0.1, 0.15) is 11.4 Å². The standard InChI is InChI=1S/C26H34N4O3/c1-33-22-9-7-21(8-10-22)28-26(32)29-15-19-13-20(17-29)24-12-11-23(25(31)30(24)16-19)27-14-18-5-3-2-4-6-18/h7-12,18-20,27H,2-6,13-17H2,1H3,(H,28,32)/t19-,20-/m1/s1. The minimum atomic E-state index is -0.0866. The highest BCUT2D eigenvalue weighted by Crippen LogP contribution is 2.36. The number of piperidine rings is 1. The number of carbonyl (C=O) groups is 1. The van der Waals surface area contributed by atoms with E-state index in [9.17, 15) is 9.59 Å². The molecule has 2 bridgehead atoms. The molecule has 1 aromatic carbocycles. The van der Waals surface area contributed by atoms with Crippen LogP contribution in [0, 0.1) is 11.8 Å². The van der Waals surface area contributed by atoms with Gasteiger partial charge in [-0.3, -0.25) is 4.79 Å². The molecule has 3 heterocycles. The van der Waals surface area contributed by atoms with Crippen LogP contribution in [-0.4, -0.2) is 42.2 Å². The molecule has 1 saturated heterocycles. The number of benzene rings is 1. The van der Waals surface area contributed by atoms with Crippen LogP contribution in [0.4, 0.5) is 16.2 Å². The third-order valence-electron chi connectivity index (χ3n) is 7.54. The van der Waals surface area contributed by atoms with Crippen LogP contribution < -0.4 is 20.9 Å². The molecule has 2 amide bonds. The number of likely N-dealkylation sites (tertiary alicyclic amines) is 1. The first-order valence-electron chi connectivity index (χ1n) is 12.3. The van der Waals surface area contributed by atoms with E-state index in [1.807, 2.05) is 39.8 Å². The molecule has 2 fully saturated rings. The highest BCUT2D eigenvalue weighted by molar-refractivity contribution is 5.89. The first kappa shape index (κ1) is 21.9. The molecule has 0 spiro atoms. The van der Waals surface area contributed by atoms with Crippen molar-refractivity contribution in [1.82, 2.24) is 9.47 Å². The lowest BCUT2D eigenvalue weighted by Gasteiger charge is -2.42. The highest BCUT2D eigenvalue weighted by atomic mass is 16.5. The van der Waals surface area contributed by atoms with Crippen LogP contribution in [0.3, 0.4) is 0 Å². The summed E-state index contributed by atoms with van der Waals surface area (Å²) in [6.07, 6.45) is 7.51. The Balaban J connectivity index is 1.25. The molecule has 5 rings (SSSR count). The van der Waals surface area contributed by atoms with E-state index in [1.165, 1.54) is 32.1 Å². The van der Waals surface area contributed by atoms with Gasteiger partial charge in [0.2, 0.25) is 0 Å². The summed E-state index contributed by atoms with van der Waals surface area (Å²) >= 11 is 0. The number of amides is 2. The molecule has 1 aliphatic carbocycles. The number of pyridine rings is 1. The van der Waals surface area contributed by atoms with Crippen molar-refractivity contribution in [2.24, 2.45) is 11.8 Å². The van der Waals surface area contributed by atoms with Crippen molar-refractivity contribution in [2.75, 3.05) is 37.4 Å². The number of nitrogens with one attached hydrogen (secondary N) is 2. The van der Waals surface area contributed by atoms with Gasteiger partial charge >= 0.3 is 6.03 Å². The van der Waals surface area contributed by atoms with E-state index < -0.39 is 0 Å². The van der Waals surface area contributed by atoms with Crippen LogP contribution in [0.25, 0.3) is 0 Å². The summed E-state index contributed by atoms with van der Waals surface area (Å²) in [5, 5.41) is 6.44. The second-order valence-electron chi connectivity index (χ2n) is 9.83. The summed E-state index contributed by atoms with van der Waals surface area (Å²) in [5.74, 6) is 1.93. The Bertz CT molecular complexity index is 1040. The van der Waals surface area contributed by atoms with Crippen molar-refractivity contribution >= 4 is 17.4 Å². The SMILES string of the molecule is COc1ccc(NC(=O)N2C[C@H]3C[C@H](C2)c2ccc(NCC4CCCCC4)c(=O)n2C3)cc1. The molecular formula is C26H34N4O3. The largest absolute Gasteiger partial charge is 0.497 e. The van der Waals surface area contributed by atoms with Gasteiger partial charge in [-0.25, -0.2) is 4.79 Å². The summed E-state index contributed by atoms with van der Waals surface area (Å²) in [5.41, 5.74) is 2.62. The fourth-order valence-corrected chi connectivity index (χ4v) is 5.77. The highest BCUT2D eigenvalue weighted by Gasteiger charge is 2.36. The van der Waals surface area contributed by atoms with Crippen molar-refractivity contribution < 1.29 is 9.53 Å². The molecule has 1 aromatic heterocycles. The quantitative estimate of drug-likeness (QED) is 0.703. The lowest BCUT2D eigenvalue weighted by molar-refractivity contribution is 0.139. The van der Waals surface area contributed by atoms with Crippen LogP contribution in [-0.2, 0) is 6.54 Å². The third kappa shape index (κ3) is 4.72. The lowest BCUT2D eigenvalue weighted by Crippen LogP contribution is -2.50.